The van der Waals surface area contributed by atoms with Gasteiger partial charge in [-0.2, -0.15) is 0 Å². The molecule has 7 heteroatoms. The zero-order valence-electron chi connectivity index (χ0n) is 15.3. The molecule has 0 radical (unpaired) electrons. The van der Waals surface area contributed by atoms with E-state index in [2.05, 4.69) is 15.9 Å². The van der Waals surface area contributed by atoms with E-state index in [0.29, 0.717) is 46.2 Å². The summed E-state index contributed by atoms with van der Waals surface area (Å²) in [5, 5.41) is 1.02. The molecule has 24 heavy (non-hydrogen) atoms. The van der Waals surface area contributed by atoms with Gasteiger partial charge >= 0.3 is 5.97 Å². The first-order valence-electron chi connectivity index (χ1n) is 8.54. The highest BCUT2D eigenvalue weighted by molar-refractivity contribution is 9.09. The molecule has 0 aliphatic heterocycles. The van der Waals surface area contributed by atoms with Crippen molar-refractivity contribution in [3.05, 3.63) is 0 Å². The fourth-order valence-electron chi connectivity index (χ4n) is 1.61. The standard InChI is InChI=1S/C17H33BrO6/c1-17(2,3)24-16(19)6-9-21-11-13-23-15-14-22-12-10-20-8-5-4-7-18/h4-15H2,1-3H3. The Balaban J connectivity index is 3.14. The number of unbranched alkanes of at least 4 members (excludes halogenated alkanes) is 1. The van der Waals surface area contributed by atoms with Gasteiger partial charge in [0.2, 0.25) is 0 Å². The predicted molar refractivity (Wildman–Crippen MR) is 96.8 cm³/mol. The minimum atomic E-state index is -0.446. The first kappa shape index (κ1) is 23.8. The lowest BCUT2D eigenvalue weighted by atomic mass is 10.2. The Labute approximate surface area is 154 Å². The van der Waals surface area contributed by atoms with E-state index in [9.17, 15) is 4.79 Å². The molecule has 0 aliphatic rings. The molecule has 0 atom stereocenters. The third-order valence-corrected chi connectivity index (χ3v) is 3.22. The molecule has 0 rings (SSSR count). The van der Waals surface area contributed by atoms with E-state index in [-0.39, 0.29) is 12.4 Å². The summed E-state index contributed by atoms with van der Waals surface area (Å²) in [6.45, 7) is 9.89. The van der Waals surface area contributed by atoms with Crippen molar-refractivity contribution in [2.24, 2.45) is 0 Å². The van der Waals surface area contributed by atoms with Gasteiger partial charge in [0.05, 0.1) is 52.7 Å². The molecule has 0 amide bonds. The lowest BCUT2D eigenvalue weighted by Crippen LogP contribution is -2.24. The molecular weight excluding hydrogens is 380 g/mol. The number of hydrogen-bond donors (Lipinski definition) is 0. The summed E-state index contributed by atoms with van der Waals surface area (Å²) in [5.74, 6) is -0.244. The summed E-state index contributed by atoms with van der Waals surface area (Å²) >= 11 is 3.38. The smallest absolute Gasteiger partial charge is 0.308 e. The molecule has 0 saturated heterocycles. The average molecular weight is 413 g/mol. The maximum Gasteiger partial charge on any atom is 0.308 e. The van der Waals surface area contributed by atoms with Crippen LogP contribution in [-0.2, 0) is 28.5 Å². The number of carbonyl (C=O) groups is 1. The van der Waals surface area contributed by atoms with Crippen molar-refractivity contribution in [2.75, 3.05) is 58.2 Å². The Morgan fingerprint density at radius 2 is 1.21 bits per heavy atom. The van der Waals surface area contributed by atoms with E-state index in [1.54, 1.807) is 0 Å². The van der Waals surface area contributed by atoms with Gasteiger partial charge in [-0.25, -0.2) is 0 Å². The summed E-state index contributed by atoms with van der Waals surface area (Å²) in [7, 11) is 0. The third kappa shape index (κ3) is 19.8. The third-order valence-electron chi connectivity index (χ3n) is 2.66. The van der Waals surface area contributed by atoms with Gasteiger partial charge in [0, 0.05) is 11.9 Å². The topological polar surface area (TPSA) is 63.2 Å². The first-order valence-corrected chi connectivity index (χ1v) is 9.66. The number of esters is 1. The van der Waals surface area contributed by atoms with Crippen LogP contribution in [0.3, 0.4) is 0 Å². The van der Waals surface area contributed by atoms with Crippen LogP contribution in [-0.4, -0.2) is 69.8 Å². The number of halogens is 1. The highest BCUT2D eigenvalue weighted by atomic mass is 79.9. The Bertz CT molecular complexity index is 293. The van der Waals surface area contributed by atoms with Crippen molar-refractivity contribution in [1.82, 2.24) is 0 Å². The zero-order valence-corrected chi connectivity index (χ0v) is 16.9. The van der Waals surface area contributed by atoms with Crippen LogP contribution in [0.1, 0.15) is 40.0 Å². The van der Waals surface area contributed by atoms with Gasteiger partial charge in [-0.1, -0.05) is 15.9 Å². The molecule has 0 spiro atoms. The maximum atomic E-state index is 11.4. The maximum absolute atomic E-state index is 11.4. The van der Waals surface area contributed by atoms with Crippen LogP contribution < -0.4 is 0 Å². The van der Waals surface area contributed by atoms with Crippen LogP contribution in [0.5, 0.6) is 0 Å². The second kappa shape index (κ2) is 16.3. The zero-order chi connectivity index (χ0) is 18.1. The summed E-state index contributed by atoms with van der Waals surface area (Å²) in [4.78, 5) is 11.4. The monoisotopic (exact) mass is 412 g/mol. The van der Waals surface area contributed by atoms with Crippen molar-refractivity contribution in [3.63, 3.8) is 0 Å². The second-order valence-electron chi connectivity index (χ2n) is 6.18. The Kier molecular flexibility index (Phi) is 16.1. The summed E-state index contributed by atoms with van der Waals surface area (Å²) < 4.78 is 26.7. The van der Waals surface area contributed by atoms with E-state index >= 15 is 0 Å². The summed E-state index contributed by atoms with van der Waals surface area (Å²) in [6.07, 6.45) is 2.47. The van der Waals surface area contributed by atoms with Crippen molar-refractivity contribution in [3.8, 4) is 0 Å². The van der Waals surface area contributed by atoms with Crippen molar-refractivity contribution < 1.29 is 28.5 Å². The van der Waals surface area contributed by atoms with Crippen LogP contribution in [0.15, 0.2) is 0 Å². The van der Waals surface area contributed by atoms with Crippen LogP contribution in [0, 0.1) is 0 Å². The molecule has 0 unspecified atom stereocenters. The van der Waals surface area contributed by atoms with Crippen LogP contribution in [0.4, 0.5) is 0 Å². The Morgan fingerprint density at radius 3 is 1.67 bits per heavy atom. The average Bonchev–Trinajstić information content (AvgIpc) is 2.49. The highest BCUT2D eigenvalue weighted by Gasteiger charge is 2.15. The van der Waals surface area contributed by atoms with Gasteiger partial charge in [0.1, 0.15) is 5.60 Å². The lowest BCUT2D eigenvalue weighted by Gasteiger charge is -2.19. The van der Waals surface area contributed by atoms with Gasteiger partial charge in [0.25, 0.3) is 0 Å². The molecule has 0 aromatic heterocycles. The van der Waals surface area contributed by atoms with Crippen molar-refractivity contribution >= 4 is 21.9 Å². The number of alkyl halides is 1. The Morgan fingerprint density at radius 1 is 0.750 bits per heavy atom. The van der Waals surface area contributed by atoms with E-state index in [1.165, 1.54) is 0 Å². The van der Waals surface area contributed by atoms with E-state index in [4.69, 9.17) is 23.7 Å². The minimum Gasteiger partial charge on any atom is -0.460 e. The minimum absolute atomic E-state index is 0.244. The molecule has 6 nitrogen and oxygen atoms in total. The molecule has 0 aromatic carbocycles. The quantitative estimate of drug-likeness (QED) is 0.220. The SMILES string of the molecule is CC(C)(C)OC(=O)CCOCCOCCOCCOCCCCBr. The van der Waals surface area contributed by atoms with Crippen molar-refractivity contribution in [2.45, 2.75) is 45.6 Å². The fraction of sp³-hybridized carbons (Fsp3) is 0.941. The first-order chi connectivity index (χ1) is 11.5. The van der Waals surface area contributed by atoms with Gasteiger partial charge in [-0.05, 0) is 33.6 Å². The van der Waals surface area contributed by atoms with E-state index in [0.717, 1.165) is 24.8 Å². The van der Waals surface area contributed by atoms with Gasteiger partial charge < -0.3 is 23.7 Å². The van der Waals surface area contributed by atoms with Crippen LogP contribution in [0.25, 0.3) is 0 Å². The molecular formula is C17H33BrO6. The van der Waals surface area contributed by atoms with Crippen molar-refractivity contribution in [1.29, 1.82) is 0 Å². The summed E-state index contributed by atoms with van der Waals surface area (Å²) in [5.41, 5.74) is -0.446. The van der Waals surface area contributed by atoms with E-state index in [1.807, 2.05) is 20.8 Å². The summed E-state index contributed by atoms with van der Waals surface area (Å²) in [6, 6.07) is 0. The van der Waals surface area contributed by atoms with Crippen LogP contribution in [0.2, 0.25) is 0 Å². The fourth-order valence-corrected chi connectivity index (χ4v) is 2.00. The Hall–Kier alpha value is -0.210. The number of hydrogen-bond acceptors (Lipinski definition) is 6. The number of carbonyl (C=O) groups excluding carboxylic acids is 1. The van der Waals surface area contributed by atoms with Crippen LogP contribution >= 0.6 is 15.9 Å². The molecule has 144 valence electrons. The molecule has 0 bridgehead atoms. The molecule has 0 N–H and O–H groups in total. The molecule has 0 saturated carbocycles. The highest BCUT2D eigenvalue weighted by Crippen LogP contribution is 2.07. The van der Waals surface area contributed by atoms with Gasteiger partial charge in [-0.15, -0.1) is 0 Å². The largest absolute Gasteiger partial charge is 0.460 e. The molecule has 0 aliphatic carbocycles. The number of ether oxygens (including phenoxy) is 5. The lowest BCUT2D eigenvalue weighted by molar-refractivity contribution is -0.156. The normalized spacial score (nSPS) is 11.7. The van der Waals surface area contributed by atoms with Gasteiger partial charge in [-0.3, -0.25) is 4.79 Å². The predicted octanol–water partition coefficient (Wildman–Crippen LogP) is 2.96. The number of rotatable bonds is 16. The molecule has 0 aromatic rings. The molecule has 0 heterocycles. The molecule has 0 fully saturated rings. The second-order valence-corrected chi connectivity index (χ2v) is 6.98. The van der Waals surface area contributed by atoms with Gasteiger partial charge in [0.15, 0.2) is 0 Å². The van der Waals surface area contributed by atoms with E-state index < -0.39 is 5.60 Å².